The summed E-state index contributed by atoms with van der Waals surface area (Å²) in [6.45, 7) is 3.54. The van der Waals surface area contributed by atoms with E-state index >= 15 is 0 Å². The lowest BCUT2D eigenvalue weighted by atomic mass is 9.85. The molecule has 3 rings (SSSR count). The molecule has 2 saturated carbocycles. The van der Waals surface area contributed by atoms with Crippen molar-refractivity contribution in [3.63, 3.8) is 0 Å². The number of amides is 1. The average Bonchev–Trinajstić information content (AvgIpc) is 3.06. The first-order valence-electron chi connectivity index (χ1n) is 10.2. The predicted octanol–water partition coefficient (Wildman–Crippen LogP) is 4.38. The third-order valence-electron chi connectivity index (χ3n) is 5.49. The highest BCUT2D eigenvalue weighted by Crippen LogP contribution is 2.28. The summed E-state index contributed by atoms with van der Waals surface area (Å²) in [6, 6.07) is 8.54. The van der Waals surface area contributed by atoms with Gasteiger partial charge in [0.1, 0.15) is 0 Å². The lowest BCUT2D eigenvalue weighted by molar-refractivity contribution is -0.122. The lowest BCUT2D eigenvalue weighted by Gasteiger charge is -2.24. The summed E-state index contributed by atoms with van der Waals surface area (Å²) in [5.74, 6) is 1.24. The molecule has 2 aliphatic carbocycles. The van der Waals surface area contributed by atoms with Gasteiger partial charge in [-0.05, 0) is 63.0 Å². The van der Waals surface area contributed by atoms with Crippen molar-refractivity contribution in [3.05, 3.63) is 29.8 Å². The minimum absolute atomic E-state index is 0. The van der Waals surface area contributed by atoms with E-state index in [0.717, 1.165) is 41.8 Å². The minimum atomic E-state index is 0. The van der Waals surface area contributed by atoms with Gasteiger partial charge in [0.2, 0.25) is 5.91 Å². The third kappa shape index (κ3) is 6.83. The molecule has 0 bridgehead atoms. The van der Waals surface area contributed by atoms with Crippen molar-refractivity contribution in [1.29, 1.82) is 0 Å². The van der Waals surface area contributed by atoms with E-state index in [1.165, 1.54) is 25.7 Å². The van der Waals surface area contributed by atoms with Crippen molar-refractivity contribution in [2.45, 2.75) is 63.3 Å². The fourth-order valence-electron chi connectivity index (χ4n) is 3.63. The van der Waals surface area contributed by atoms with E-state index in [-0.39, 0.29) is 35.8 Å². The van der Waals surface area contributed by atoms with Gasteiger partial charge in [0, 0.05) is 29.4 Å². The Morgan fingerprint density at radius 1 is 1.25 bits per heavy atom. The number of nitrogens with one attached hydrogen (secondary N) is 3. The molecule has 0 aromatic heterocycles. The van der Waals surface area contributed by atoms with Crippen LogP contribution in [0.5, 0.6) is 0 Å². The maximum Gasteiger partial charge on any atom is 0.227 e. The number of carbonyl (C=O) groups excluding carboxylic acids is 1. The van der Waals surface area contributed by atoms with Crippen molar-refractivity contribution in [1.82, 2.24) is 10.6 Å². The lowest BCUT2D eigenvalue weighted by Crippen LogP contribution is -2.42. The van der Waals surface area contributed by atoms with Gasteiger partial charge in [0.05, 0.1) is 6.54 Å². The summed E-state index contributed by atoms with van der Waals surface area (Å²) in [6.07, 6.45) is 9.10. The Balaban J connectivity index is 0.00000280. The number of benzene rings is 1. The summed E-state index contributed by atoms with van der Waals surface area (Å²) in [7, 11) is 0. The van der Waals surface area contributed by atoms with E-state index < -0.39 is 0 Å². The first-order chi connectivity index (χ1) is 13.2. The van der Waals surface area contributed by atoms with Gasteiger partial charge in [-0.3, -0.25) is 4.79 Å². The van der Waals surface area contributed by atoms with E-state index in [9.17, 15) is 4.79 Å². The molecule has 0 spiro atoms. The molecule has 2 fully saturated rings. The minimum Gasteiger partial charge on any atom is -0.357 e. The molecule has 2 aliphatic rings. The maximum atomic E-state index is 12.1. The number of aliphatic imine (C=N–C) groups is 1. The summed E-state index contributed by atoms with van der Waals surface area (Å²) < 4.78 is 0. The van der Waals surface area contributed by atoms with Crippen LogP contribution in [-0.2, 0) is 11.3 Å². The number of guanidine groups is 1. The van der Waals surface area contributed by atoms with Crippen LogP contribution < -0.4 is 16.0 Å². The number of carbonyl (C=O) groups is 1. The number of hydrogen-bond acceptors (Lipinski definition) is 3. The molecular formula is C21H33IN4OS. The van der Waals surface area contributed by atoms with Crippen LogP contribution in [0.15, 0.2) is 29.3 Å². The van der Waals surface area contributed by atoms with E-state index in [1.54, 1.807) is 0 Å². The smallest absolute Gasteiger partial charge is 0.227 e. The number of halogens is 1. The monoisotopic (exact) mass is 516 g/mol. The summed E-state index contributed by atoms with van der Waals surface area (Å²) >= 11 is 1.97. The Morgan fingerprint density at radius 3 is 2.71 bits per heavy atom. The zero-order valence-electron chi connectivity index (χ0n) is 16.9. The van der Waals surface area contributed by atoms with E-state index in [0.29, 0.717) is 12.6 Å². The molecule has 2 unspecified atom stereocenters. The summed E-state index contributed by atoms with van der Waals surface area (Å²) in [5.41, 5.74) is 1.98. The van der Waals surface area contributed by atoms with Gasteiger partial charge in [-0.2, -0.15) is 11.8 Å². The average molecular weight is 516 g/mol. The predicted molar refractivity (Wildman–Crippen MR) is 131 cm³/mol. The van der Waals surface area contributed by atoms with Crippen molar-refractivity contribution >= 4 is 53.3 Å². The first-order valence-corrected chi connectivity index (χ1v) is 11.4. The van der Waals surface area contributed by atoms with Crippen LogP contribution in [0.4, 0.5) is 5.69 Å². The van der Waals surface area contributed by atoms with Crippen LogP contribution in [0.3, 0.4) is 0 Å². The van der Waals surface area contributed by atoms with Crippen molar-refractivity contribution in [2.75, 3.05) is 18.1 Å². The van der Waals surface area contributed by atoms with Crippen LogP contribution in [0, 0.1) is 5.92 Å². The van der Waals surface area contributed by atoms with Crippen LogP contribution in [0.25, 0.3) is 0 Å². The first kappa shape index (κ1) is 23.3. The highest BCUT2D eigenvalue weighted by molar-refractivity contribution is 14.0. The van der Waals surface area contributed by atoms with Crippen molar-refractivity contribution < 1.29 is 4.79 Å². The molecule has 28 heavy (non-hydrogen) atoms. The number of thioether (sulfide) groups is 1. The largest absolute Gasteiger partial charge is 0.357 e. The fraction of sp³-hybridized carbons (Fsp3) is 0.619. The Bertz CT molecular complexity index is 666. The Hall–Kier alpha value is -0.960. The molecule has 156 valence electrons. The number of rotatable bonds is 7. The Kier molecular flexibility index (Phi) is 9.91. The van der Waals surface area contributed by atoms with Crippen LogP contribution in [0.1, 0.15) is 51.0 Å². The quantitative estimate of drug-likeness (QED) is 0.286. The van der Waals surface area contributed by atoms with Gasteiger partial charge in [-0.15, -0.1) is 24.0 Å². The van der Waals surface area contributed by atoms with Crippen LogP contribution in [0.2, 0.25) is 0 Å². The molecule has 1 aromatic rings. The second-order valence-electron chi connectivity index (χ2n) is 7.52. The number of hydrogen-bond donors (Lipinski definition) is 3. The Labute approximate surface area is 190 Å². The highest BCUT2D eigenvalue weighted by atomic mass is 127. The maximum absolute atomic E-state index is 12.1. The molecule has 0 saturated heterocycles. The number of anilines is 1. The van der Waals surface area contributed by atoms with Crippen molar-refractivity contribution in [3.8, 4) is 0 Å². The standard InChI is InChI=1S/C21H32N4OS.HI/c1-3-22-21(25-18-10-11-19(13-18)27-2)23-14-15-6-4-9-17(12-15)24-20(26)16-7-5-8-16;/h4,6,9,12,16,18-19H,3,5,7-8,10-11,13-14H2,1-2H3,(H,24,26)(H2,22,23,25);1H. The van der Waals surface area contributed by atoms with Gasteiger partial charge >= 0.3 is 0 Å². The van der Waals surface area contributed by atoms with Crippen LogP contribution >= 0.6 is 35.7 Å². The van der Waals surface area contributed by atoms with E-state index in [4.69, 9.17) is 4.99 Å². The van der Waals surface area contributed by atoms with Gasteiger partial charge < -0.3 is 16.0 Å². The van der Waals surface area contributed by atoms with Crippen molar-refractivity contribution in [2.24, 2.45) is 10.9 Å². The molecule has 0 aliphatic heterocycles. The second-order valence-corrected chi connectivity index (χ2v) is 8.66. The van der Waals surface area contributed by atoms with Gasteiger partial charge in [-0.25, -0.2) is 4.99 Å². The van der Waals surface area contributed by atoms with E-state index in [2.05, 4.69) is 35.2 Å². The summed E-state index contributed by atoms with van der Waals surface area (Å²) in [4.78, 5) is 16.9. The summed E-state index contributed by atoms with van der Waals surface area (Å²) in [5, 5.41) is 10.7. The fourth-order valence-corrected chi connectivity index (χ4v) is 4.43. The molecule has 5 nitrogen and oxygen atoms in total. The molecule has 1 amide bonds. The molecular weight excluding hydrogens is 483 g/mol. The van der Waals surface area contributed by atoms with Gasteiger partial charge in [0.15, 0.2) is 5.96 Å². The topological polar surface area (TPSA) is 65.5 Å². The zero-order valence-corrected chi connectivity index (χ0v) is 20.0. The van der Waals surface area contributed by atoms with Gasteiger partial charge in [-0.1, -0.05) is 18.6 Å². The zero-order chi connectivity index (χ0) is 19.1. The Morgan fingerprint density at radius 2 is 2.07 bits per heavy atom. The molecule has 0 radical (unpaired) electrons. The van der Waals surface area contributed by atoms with Gasteiger partial charge in [0.25, 0.3) is 0 Å². The third-order valence-corrected chi connectivity index (χ3v) is 6.59. The highest BCUT2D eigenvalue weighted by Gasteiger charge is 2.25. The molecule has 7 heteroatoms. The SMILES string of the molecule is CCNC(=NCc1cccc(NC(=O)C2CCC2)c1)NC1CCC(SC)C1.I. The molecule has 2 atom stereocenters. The number of nitrogens with zero attached hydrogens (tertiary/aromatic N) is 1. The molecule has 3 N–H and O–H groups in total. The van der Waals surface area contributed by atoms with E-state index in [1.807, 2.05) is 30.0 Å². The van der Waals surface area contributed by atoms with Crippen LogP contribution in [-0.4, -0.2) is 36.0 Å². The molecule has 1 aromatic carbocycles. The normalized spacial score (nSPS) is 22.1. The second kappa shape index (κ2) is 11.9. The molecule has 0 heterocycles.